The van der Waals surface area contributed by atoms with Gasteiger partial charge in [-0.05, 0) is 25.7 Å². The summed E-state index contributed by atoms with van der Waals surface area (Å²) in [4.78, 5) is 0. The lowest BCUT2D eigenvalue weighted by Crippen LogP contribution is -2.34. The van der Waals surface area contributed by atoms with Gasteiger partial charge in [0, 0.05) is 0 Å². The summed E-state index contributed by atoms with van der Waals surface area (Å²) in [6.45, 7) is 4.10. The molecular weight excluding hydrogens is 366 g/mol. The van der Waals surface area contributed by atoms with Crippen LogP contribution in [-0.4, -0.2) is 40.7 Å². The molecule has 1 aromatic carbocycles. The van der Waals surface area contributed by atoms with Crippen molar-refractivity contribution in [2.75, 3.05) is 6.26 Å². The van der Waals surface area contributed by atoms with Crippen molar-refractivity contribution in [2.45, 2.75) is 55.9 Å². The fourth-order valence-corrected chi connectivity index (χ4v) is 3.96. The number of hydrogen-bond acceptors (Lipinski definition) is 7. The smallest absolute Gasteiger partial charge is 0.190 e. The fourth-order valence-electron chi connectivity index (χ4n) is 3.46. The molecule has 7 nitrogen and oxygen atoms in total. The molecule has 2 aliphatic heterocycles. The highest BCUT2D eigenvalue weighted by atomic mass is 32.2. The van der Waals surface area contributed by atoms with Gasteiger partial charge in [0.25, 0.3) is 0 Å². The third kappa shape index (κ3) is 3.49. The Morgan fingerprint density at radius 2 is 2.07 bits per heavy atom. The molecule has 4 atom stereocenters. The molecule has 4 rings (SSSR count). The summed E-state index contributed by atoms with van der Waals surface area (Å²) >= 11 is 1.41. The number of rotatable bonds is 5. The van der Waals surface area contributed by atoms with Crippen molar-refractivity contribution in [2.24, 2.45) is 0 Å². The number of nitrogens with zero attached hydrogens (tertiary/aromatic N) is 2. The van der Waals surface area contributed by atoms with E-state index in [9.17, 15) is 5.26 Å². The van der Waals surface area contributed by atoms with E-state index in [-0.39, 0.29) is 6.10 Å². The zero-order valence-electron chi connectivity index (χ0n) is 15.3. The molecule has 2 saturated heterocycles. The number of fused-ring (bicyclic) bond motifs is 1. The Morgan fingerprint density at radius 1 is 1.30 bits per heavy atom. The number of aromatic amines is 1. The lowest BCUT2D eigenvalue weighted by Gasteiger charge is -2.25. The summed E-state index contributed by atoms with van der Waals surface area (Å²) in [6, 6.07) is 12.1. The van der Waals surface area contributed by atoms with E-state index in [0.717, 1.165) is 5.56 Å². The van der Waals surface area contributed by atoms with Gasteiger partial charge in [-0.2, -0.15) is 10.4 Å². The van der Waals surface area contributed by atoms with Crippen molar-refractivity contribution in [3.63, 3.8) is 0 Å². The molecule has 27 heavy (non-hydrogen) atoms. The monoisotopic (exact) mass is 387 g/mol. The van der Waals surface area contributed by atoms with E-state index in [0.29, 0.717) is 22.9 Å². The topological polar surface area (TPSA) is 89.4 Å². The molecule has 0 bridgehead atoms. The van der Waals surface area contributed by atoms with Gasteiger partial charge in [-0.1, -0.05) is 30.3 Å². The summed E-state index contributed by atoms with van der Waals surface area (Å²) in [7, 11) is 0. The van der Waals surface area contributed by atoms with E-state index in [1.54, 1.807) is 0 Å². The average molecular weight is 387 g/mol. The van der Waals surface area contributed by atoms with E-state index >= 15 is 0 Å². The van der Waals surface area contributed by atoms with Crippen molar-refractivity contribution in [1.29, 1.82) is 5.26 Å². The van der Waals surface area contributed by atoms with Crippen molar-refractivity contribution >= 4 is 11.8 Å². The van der Waals surface area contributed by atoms with Crippen molar-refractivity contribution in [1.82, 2.24) is 10.2 Å². The number of aromatic nitrogens is 2. The van der Waals surface area contributed by atoms with Gasteiger partial charge in [-0.15, -0.1) is 11.8 Å². The number of thioether (sulfide) groups is 1. The largest absolute Gasteiger partial charge is 0.367 e. The lowest BCUT2D eigenvalue weighted by atomic mass is 10.0. The van der Waals surface area contributed by atoms with Crippen molar-refractivity contribution in [3.05, 3.63) is 47.2 Å². The van der Waals surface area contributed by atoms with Crippen LogP contribution in [0.2, 0.25) is 0 Å². The van der Waals surface area contributed by atoms with Gasteiger partial charge in [-0.3, -0.25) is 5.10 Å². The van der Waals surface area contributed by atoms with Gasteiger partial charge in [0.05, 0.1) is 12.3 Å². The van der Waals surface area contributed by atoms with E-state index in [1.165, 1.54) is 11.8 Å². The third-order valence-corrected chi connectivity index (χ3v) is 5.31. The number of H-pyrrole nitrogens is 1. The second-order valence-electron chi connectivity index (χ2n) is 6.92. The van der Waals surface area contributed by atoms with Crippen molar-refractivity contribution in [3.8, 4) is 6.07 Å². The Balaban J connectivity index is 1.62. The van der Waals surface area contributed by atoms with Crippen LogP contribution >= 0.6 is 11.8 Å². The van der Waals surface area contributed by atoms with E-state index in [1.807, 2.05) is 50.4 Å². The minimum absolute atomic E-state index is 0.388. The van der Waals surface area contributed by atoms with Gasteiger partial charge in [0.15, 0.2) is 12.1 Å². The van der Waals surface area contributed by atoms with Crippen LogP contribution in [0.3, 0.4) is 0 Å². The molecule has 2 aromatic rings. The Labute approximate surface area is 161 Å². The second-order valence-corrected chi connectivity index (χ2v) is 7.71. The van der Waals surface area contributed by atoms with Crippen LogP contribution in [0.1, 0.15) is 36.8 Å². The average Bonchev–Trinajstić information content (AvgIpc) is 3.29. The van der Waals surface area contributed by atoms with E-state index in [2.05, 4.69) is 16.3 Å². The highest BCUT2D eigenvalue weighted by Crippen LogP contribution is 2.45. The summed E-state index contributed by atoms with van der Waals surface area (Å²) in [6.07, 6.45) is -0.0230. The first-order chi connectivity index (χ1) is 13.0. The van der Waals surface area contributed by atoms with E-state index in [4.69, 9.17) is 18.9 Å². The van der Waals surface area contributed by atoms with Crippen LogP contribution in [-0.2, 0) is 25.6 Å². The number of benzene rings is 1. The van der Waals surface area contributed by atoms with Crippen LogP contribution in [0.4, 0.5) is 0 Å². The van der Waals surface area contributed by atoms with Crippen LogP contribution in [0, 0.1) is 11.3 Å². The van der Waals surface area contributed by atoms with Gasteiger partial charge in [0.1, 0.15) is 35.0 Å². The Kier molecular flexibility index (Phi) is 4.97. The number of nitrogens with one attached hydrogen (secondary N) is 1. The molecular formula is C19H21N3O4S. The summed E-state index contributed by atoms with van der Waals surface area (Å²) in [5, 5.41) is 17.4. The fraction of sp³-hybridized carbons (Fsp3) is 0.474. The van der Waals surface area contributed by atoms with Crippen molar-refractivity contribution < 1.29 is 18.9 Å². The maximum atomic E-state index is 9.58. The van der Waals surface area contributed by atoms with Gasteiger partial charge in [0.2, 0.25) is 0 Å². The number of ether oxygens (including phenoxy) is 4. The predicted octanol–water partition coefficient (Wildman–Crippen LogP) is 3.14. The quantitative estimate of drug-likeness (QED) is 0.788. The highest BCUT2D eigenvalue weighted by Gasteiger charge is 2.56. The zero-order valence-corrected chi connectivity index (χ0v) is 16.2. The first kappa shape index (κ1) is 18.5. The summed E-state index contributed by atoms with van der Waals surface area (Å²) in [5.74, 6) is -0.745. The molecule has 0 unspecified atom stereocenters. The van der Waals surface area contributed by atoms with Gasteiger partial charge in [-0.25, -0.2) is 0 Å². The van der Waals surface area contributed by atoms with Gasteiger partial charge >= 0.3 is 0 Å². The lowest BCUT2D eigenvalue weighted by molar-refractivity contribution is -0.220. The maximum absolute atomic E-state index is 9.58. The first-order valence-electron chi connectivity index (χ1n) is 8.71. The molecule has 142 valence electrons. The Morgan fingerprint density at radius 3 is 2.78 bits per heavy atom. The zero-order chi connectivity index (χ0) is 19.0. The molecule has 2 fully saturated rings. The van der Waals surface area contributed by atoms with Gasteiger partial charge < -0.3 is 18.9 Å². The summed E-state index contributed by atoms with van der Waals surface area (Å²) in [5.41, 5.74) is 2.12. The normalized spacial score (nSPS) is 28.8. The molecule has 0 radical (unpaired) electrons. The molecule has 0 amide bonds. The third-order valence-electron chi connectivity index (χ3n) is 4.63. The Bertz CT molecular complexity index is 848. The molecule has 0 saturated carbocycles. The van der Waals surface area contributed by atoms with Crippen LogP contribution in [0.25, 0.3) is 0 Å². The summed E-state index contributed by atoms with van der Waals surface area (Å²) < 4.78 is 24.2. The standard InChI is InChI=1S/C19H21N3O4S/c1-19(2)25-16-15(23-10-11-7-5-4-6-8-11)14(24-18(16)26-19)13-12(9-20)17(27-3)22-21-13/h4-8,14-16,18H,10H2,1-3H3,(H,21,22)/t14-,15+,16+,18+/m1/s1. The predicted molar refractivity (Wildman–Crippen MR) is 97.8 cm³/mol. The molecule has 8 heteroatoms. The minimum Gasteiger partial charge on any atom is -0.367 e. The molecule has 0 spiro atoms. The molecule has 1 aromatic heterocycles. The van der Waals surface area contributed by atoms with E-state index < -0.39 is 24.3 Å². The minimum atomic E-state index is -0.745. The van der Waals surface area contributed by atoms with Crippen LogP contribution in [0.5, 0.6) is 0 Å². The second kappa shape index (κ2) is 7.26. The highest BCUT2D eigenvalue weighted by molar-refractivity contribution is 7.98. The number of hydrogen-bond donors (Lipinski definition) is 1. The first-order valence-corrected chi connectivity index (χ1v) is 9.94. The molecule has 1 N–H and O–H groups in total. The molecule has 2 aliphatic rings. The van der Waals surface area contributed by atoms with Crippen LogP contribution < -0.4 is 0 Å². The molecule has 0 aliphatic carbocycles. The molecule has 3 heterocycles. The Hall–Kier alpha value is -1.89. The number of nitriles is 1. The maximum Gasteiger partial charge on any atom is 0.190 e. The SMILES string of the molecule is CSc1n[nH]c([C@H]2O[C@H]3OC(C)(C)O[C@H]3[C@H]2OCc2ccccc2)c1C#N. The van der Waals surface area contributed by atoms with Crippen LogP contribution in [0.15, 0.2) is 35.4 Å².